The van der Waals surface area contributed by atoms with Crippen LogP contribution in [-0.2, 0) is 13.5 Å². The van der Waals surface area contributed by atoms with Crippen LogP contribution in [0, 0.1) is 0 Å². The largest absolute Gasteiger partial charge is 0.393 e. The summed E-state index contributed by atoms with van der Waals surface area (Å²) in [4.78, 5) is 3.98. The Morgan fingerprint density at radius 1 is 1.73 bits per heavy atom. The molecule has 1 N–H and O–H groups in total. The molecule has 62 valence electrons. The van der Waals surface area contributed by atoms with Crippen LogP contribution in [0.25, 0.3) is 0 Å². The third-order valence-corrected chi connectivity index (χ3v) is 1.73. The standard InChI is InChI=1S/C8H14N2O/c1-7(11)3-4-8-5-9-6-10(8)2/h5-7,11H,3-4H2,1-2H3/t7-/m0/s1. The molecule has 0 unspecified atom stereocenters. The molecule has 0 radical (unpaired) electrons. The van der Waals surface area contributed by atoms with E-state index in [0.29, 0.717) is 0 Å². The molecule has 3 nitrogen and oxygen atoms in total. The monoisotopic (exact) mass is 154 g/mol. The lowest BCUT2D eigenvalue weighted by atomic mass is 10.2. The zero-order valence-corrected chi connectivity index (χ0v) is 6.99. The molecule has 3 heteroatoms. The van der Waals surface area contributed by atoms with Gasteiger partial charge in [-0.25, -0.2) is 4.98 Å². The summed E-state index contributed by atoms with van der Waals surface area (Å²) in [5.74, 6) is 0. The third-order valence-electron chi connectivity index (χ3n) is 1.73. The molecule has 1 aromatic heterocycles. The van der Waals surface area contributed by atoms with E-state index in [9.17, 15) is 0 Å². The quantitative estimate of drug-likeness (QED) is 0.697. The molecule has 0 saturated heterocycles. The van der Waals surface area contributed by atoms with Crippen molar-refractivity contribution in [1.82, 2.24) is 9.55 Å². The van der Waals surface area contributed by atoms with Crippen LogP contribution in [0.5, 0.6) is 0 Å². The SMILES string of the molecule is C[C@H](O)CCc1cncn1C. The molecule has 0 aromatic carbocycles. The smallest absolute Gasteiger partial charge is 0.0945 e. The Kier molecular flexibility index (Phi) is 2.65. The fourth-order valence-electron chi connectivity index (χ4n) is 0.982. The van der Waals surface area contributed by atoms with Gasteiger partial charge in [0.2, 0.25) is 0 Å². The van der Waals surface area contributed by atoms with E-state index in [1.165, 1.54) is 5.69 Å². The molecule has 1 heterocycles. The molecule has 0 saturated carbocycles. The number of nitrogens with zero attached hydrogens (tertiary/aromatic N) is 2. The van der Waals surface area contributed by atoms with Gasteiger partial charge in [0.1, 0.15) is 0 Å². The third kappa shape index (κ3) is 2.35. The lowest BCUT2D eigenvalue weighted by Crippen LogP contribution is -2.03. The maximum absolute atomic E-state index is 9.01. The van der Waals surface area contributed by atoms with E-state index in [2.05, 4.69) is 4.98 Å². The first-order chi connectivity index (χ1) is 5.20. The van der Waals surface area contributed by atoms with Gasteiger partial charge in [0.15, 0.2) is 0 Å². The van der Waals surface area contributed by atoms with Gasteiger partial charge in [0.05, 0.1) is 12.4 Å². The Morgan fingerprint density at radius 3 is 2.91 bits per heavy atom. The minimum Gasteiger partial charge on any atom is -0.393 e. The average molecular weight is 154 g/mol. The first-order valence-electron chi connectivity index (χ1n) is 3.83. The Balaban J connectivity index is 2.44. The Morgan fingerprint density at radius 2 is 2.45 bits per heavy atom. The maximum atomic E-state index is 9.01. The number of hydrogen-bond donors (Lipinski definition) is 1. The number of aromatic nitrogens is 2. The Bertz CT molecular complexity index is 218. The van der Waals surface area contributed by atoms with Gasteiger partial charge in [0.25, 0.3) is 0 Å². The van der Waals surface area contributed by atoms with Crippen LogP contribution in [0.15, 0.2) is 12.5 Å². The zero-order valence-electron chi connectivity index (χ0n) is 6.99. The fourth-order valence-corrected chi connectivity index (χ4v) is 0.982. The number of aliphatic hydroxyl groups excluding tert-OH is 1. The summed E-state index contributed by atoms with van der Waals surface area (Å²) in [6, 6.07) is 0. The molecule has 0 aliphatic heterocycles. The predicted octanol–water partition coefficient (Wildman–Crippen LogP) is 0.734. The zero-order chi connectivity index (χ0) is 8.27. The highest BCUT2D eigenvalue weighted by Gasteiger charge is 2.00. The molecule has 0 bridgehead atoms. The van der Waals surface area contributed by atoms with Crippen LogP contribution in [0.3, 0.4) is 0 Å². The molecule has 0 amide bonds. The lowest BCUT2D eigenvalue weighted by Gasteiger charge is -2.03. The van der Waals surface area contributed by atoms with Gasteiger partial charge in [-0.15, -0.1) is 0 Å². The van der Waals surface area contributed by atoms with Crippen LogP contribution in [0.1, 0.15) is 19.0 Å². The van der Waals surface area contributed by atoms with Crippen molar-refractivity contribution in [3.8, 4) is 0 Å². The van der Waals surface area contributed by atoms with E-state index in [1.807, 2.05) is 17.8 Å². The van der Waals surface area contributed by atoms with Crippen LogP contribution < -0.4 is 0 Å². The highest BCUT2D eigenvalue weighted by molar-refractivity contribution is 4.97. The Hall–Kier alpha value is -0.830. The van der Waals surface area contributed by atoms with Crippen LogP contribution in [0.2, 0.25) is 0 Å². The van der Waals surface area contributed by atoms with Crippen LogP contribution >= 0.6 is 0 Å². The normalized spacial score (nSPS) is 13.4. The molecule has 0 aliphatic rings. The molecular formula is C8H14N2O. The summed E-state index contributed by atoms with van der Waals surface area (Å²) in [6.07, 6.45) is 5.10. The van der Waals surface area contributed by atoms with E-state index >= 15 is 0 Å². The lowest BCUT2D eigenvalue weighted by molar-refractivity contribution is 0.184. The van der Waals surface area contributed by atoms with E-state index in [1.54, 1.807) is 13.3 Å². The number of aliphatic hydroxyl groups is 1. The summed E-state index contributed by atoms with van der Waals surface area (Å²) in [6.45, 7) is 1.80. The first kappa shape index (κ1) is 8.27. The van der Waals surface area contributed by atoms with E-state index in [4.69, 9.17) is 5.11 Å². The van der Waals surface area contributed by atoms with Crippen molar-refractivity contribution in [2.24, 2.45) is 7.05 Å². The Labute approximate surface area is 66.7 Å². The van der Waals surface area contributed by atoms with Gasteiger partial charge in [-0.05, 0) is 19.8 Å². The fraction of sp³-hybridized carbons (Fsp3) is 0.625. The molecule has 0 spiro atoms. The van der Waals surface area contributed by atoms with Crippen molar-refractivity contribution in [3.63, 3.8) is 0 Å². The highest BCUT2D eigenvalue weighted by Crippen LogP contribution is 2.02. The molecule has 1 aromatic rings. The second-order valence-corrected chi connectivity index (χ2v) is 2.88. The van der Waals surface area contributed by atoms with Crippen molar-refractivity contribution in [2.45, 2.75) is 25.9 Å². The van der Waals surface area contributed by atoms with Crippen molar-refractivity contribution >= 4 is 0 Å². The second-order valence-electron chi connectivity index (χ2n) is 2.88. The molecular weight excluding hydrogens is 140 g/mol. The maximum Gasteiger partial charge on any atom is 0.0945 e. The van der Waals surface area contributed by atoms with Crippen LogP contribution in [-0.4, -0.2) is 20.8 Å². The summed E-state index contributed by atoms with van der Waals surface area (Å²) in [7, 11) is 1.96. The van der Waals surface area contributed by atoms with E-state index in [-0.39, 0.29) is 6.10 Å². The van der Waals surface area contributed by atoms with Crippen molar-refractivity contribution < 1.29 is 5.11 Å². The van der Waals surface area contributed by atoms with Gasteiger partial charge >= 0.3 is 0 Å². The van der Waals surface area contributed by atoms with Crippen molar-refractivity contribution in [2.75, 3.05) is 0 Å². The molecule has 0 aliphatic carbocycles. The van der Waals surface area contributed by atoms with E-state index < -0.39 is 0 Å². The molecule has 1 atom stereocenters. The van der Waals surface area contributed by atoms with E-state index in [0.717, 1.165) is 12.8 Å². The number of rotatable bonds is 3. The summed E-state index contributed by atoms with van der Waals surface area (Å²) in [5.41, 5.74) is 1.17. The van der Waals surface area contributed by atoms with Crippen molar-refractivity contribution in [1.29, 1.82) is 0 Å². The molecule has 11 heavy (non-hydrogen) atoms. The van der Waals surface area contributed by atoms with Gasteiger partial charge < -0.3 is 9.67 Å². The summed E-state index contributed by atoms with van der Waals surface area (Å²) < 4.78 is 1.97. The second kappa shape index (κ2) is 3.53. The highest BCUT2D eigenvalue weighted by atomic mass is 16.3. The summed E-state index contributed by atoms with van der Waals surface area (Å²) >= 11 is 0. The molecule has 1 rings (SSSR count). The predicted molar refractivity (Wildman–Crippen MR) is 43.2 cm³/mol. The van der Waals surface area contributed by atoms with Gasteiger partial charge in [-0.2, -0.15) is 0 Å². The minimum absolute atomic E-state index is 0.218. The number of aryl methyl sites for hydroxylation is 2. The first-order valence-corrected chi connectivity index (χ1v) is 3.83. The van der Waals surface area contributed by atoms with Gasteiger partial charge in [-0.1, -0.05) is 0 Å². The number of imidazole rings is 1. The number of hydrogen-bond acceptors (Lipinski definition) is 2. The molecule has 0 fully saturated rings. The topological polar surface area (TPSA) is 38.1 Å². The average Bonchev–Trinajstić information content (AvgIpc) is 2.31. The van der Waals surface area contributed by atoms with Crippen molar-refractivity contribution in [3.05, 3.63) is 18.2 Å². The van der Waals surface area contributed by atoms with Gasteiger partial charge in [0, 0.05) is 18.9 Å². The summed E-state index contributed by atoms with van der Waals surface area (Å²) in [5, 5.41) is 9.01. The van der Waals surface area contributed by atoms with Crippen LogP contribution in [0.4, 0.5) is 0 Å². The van der Waals surface area contributed by atoms with Gasteiger partial charge in [-0.3, -0.25) is 0 Å². The minimum atomic E-state index is -0.218.